The van der Waals surface area contributed by atoms with Gasteiger partial charge in [-0.05, 0) is 73.9 Å². The van der Waals surface area contributed by atoms with Crippen LogP contribution in [0.1, 0.15) is 29.2 Å². The average Bonchev–Trinajstić information content (AvgIpc) is 2.82. The smallest absolute Gasteiger partial charge is 0.335 e. The van der Waals surface area contributed by atoms with E-state index in [0.29, 0.717) is 34.4 Å². The van der Waals surface area contributed by atoms with Gasteiger partial charge < -0.3 is 9.47 Å². The summed E-state index contributed by atoms with van der Waals surface area (Å²) >= 11 is 12.8. The van der Waals surface area contributed by atoms with Crippen LogP contribution in [0.15, 0.2) is 60.2 Å². The minimum absolute atomic E-state index is 0.160. The third kappa shape index (κ3) is 5.79. The summed E-state index contributed by atoms with van der Waals surface area (Å²) in [6.45, 7) is 6.01. The minimum Gasteiger partial charge on any atom is -0.490 e. The van der Waals surface area contributed by atoms with Crippen molar-refractivity contribution in [3.63, 3.8) is 0 Å². The van der Waals surface area contributed by atoms with Gasteiger partial charge in [-0.1, -0.05) is 47.5 Å². The quantitative estimate of drug-likeness (QED) is 0.283. The molecule has 190 valence electrons. The highest BCUT2D eigenvalue weighted by Crippen LogP contribution is 2.38. The fraction of sp³-hybridized carbons (Fsp3) is 0.179. The molecule has 3 aromatic rings. The number of aryl methyl sites for hydroxylation is 2. The molecule has 1 heterocycles. The first-order valence-electron chi connectivity index (χ1n) is 11.5. The van der Waals surface area contributed by atoms with Crippen LogP contribution in [0, 0.1) is 13.8 Å². The number of nitrogens with one attached hydrogen (secondary N) is 1. The second kappa shape index (κ2) is 11.1. The van der Waals surface area contributed by atoms with Crippen molar-refractivity contribution in [2.24, 2.45) is 0 Å². The second-order valence-corrected chi connectivity index (χ2v) is 9.26. The molecule has 7 nitrogen and oxygen atoms in total. The fourth-order valence-corrected chi connectivity index (χ4v) is 4.44. The Hall–Kier alpha value is -3.81. The summed E-state index contributed by atoms with van der Waals surface area (Å²) in [6.07, 6.45) is 1.37. The number of amides is 4. The summed E-state index contributed by atoms with van der Waals surface area (Å²) in [5.41, 5.74) is 3.09. The van der Waals surface area contributed by atoms with Crippen LogP contribution < -0.4 is 19.7 Å². The van der Waals surface area contributed by atoms with E-state index in [-0.39, 0.29) is 17.2 Å². The van der Waals surface area contributed by atoms with E-state index < -0.39 is 17.8 Å². The number of imide groups is 2. The van der Waals surface area contributed by atoms with Gasteiger partial charge in [0.25, 0.3) is 11.8 Å². The normalized spacial score (nSPS) is 14.7. The van der Waals surface area contributed by atoms with Crippen molar-refractivity contribution in [1.29, 1.82) is 0 Å². The zero-order valence-corrected chi connectivity index (χ0v) is 21.9. The van der Waals surface area contributed by atoms with Gasteiger partial charge in [0.1, 0.15) is 12.2 Å². The van der Waals surface area contributed by atoms with Crippen LogP contribution in [0.25, 0.3) is 6.08 Å². The molecular formula is C28H24Cl2N2O5. The summed E-state index contributed by atoms with van der Waals surface area (Å²) in [5.74, 6) is -0.910. The Labute approximate surface area is 224 Å². The van der Waals surface area contributed by atoms with Crippen molar-refractivity contribution in [2.75, 3.05) is 11.5 Å². The number of hydrogen-bond acceptors (Lipinski definition) is 5. The molecule has 1 aliphatic rings. The number of carbonyl (C=O) groups excluding carboxylic acids is 3. The molecule has 1 aliphatic heterocycles. The standard InChI is InChI=1S/C28H24Cl2N2O5/c1-4-36-24-14-18(13-23(30)25(24)37-15-19-7-5-6-8-22(19)29)12-21-26(33)31-28(35)32(27(21)34)20-10-16(2)9-17(3)11-20/h5-14H,4,15H2,1-3H3,(H,31,33,35)/b21-12+. The number of nitrogens with zero attached hydrogens (tertiary/aromatic N) is 1. The number of urea groups is 1. The van der Waals surface area contributed by atoms with Crippen molar-refractivity contribution in [2.45, 2.75) is 27.4 Å². The van der Waals surface area contributed by atoms with E-state index in [1.807, 2.05) is 45.0 Å². The highest BCUT2D eigenvalue weighted by atomic mass is 35.5. The van der Waals surface area contributed by atoms with Crippen LogP contribution in [0.2, 0.25) is 10.0 Å². The summed E-state index contributed by atoms with van der Waals surface area (Å²) in [7, 11) is 0. The van der Waals surface area contributed by atoms with Gasteiger partial charge in [-0.3, -0.25) is 14.9 Å². The van der Waals surface area contributed by atoms with Crippen LogP contribution in [-0.4, -0.2) is 24.5 Å². The van der Waals surface area contributed by atoms with Gasteiger partial charge in [-0.25, -0.2) is 9.69 Å². The molecule has 0 aliphatic carbocycles. The highest BCUT2D eigenvalue weighted by Gasteiger charge is 2.37. The number of halogens is 2. The van der Waals surface area contributed by atoms with E-state index in [0.717, 1.165) is 21.6 Å². The summed E-state index contributed by atoms with van der Waals surface area (Å²) in [4.78, 5) is 39.4. The first-order valence-corrected chi connectivity index (χ1v) is 12.3. The van der Waals surface area contributed by atoms with E-state index in [1.165, 1.54) is 6.08 Å². The Bertz CT molecular complexity index is 1410. The predicted octanol–water partition coefficient (Wildman–Crippen LogP) is 6.25. The molecule has 3 aromatic carbocycles. The number of anilines is 1. The first kappa shape index (κ1) is 26.3. The average molecular weight is 539 g/mol. The maximum atomic E-state index is 13.3. The van der Waals surface area contributed by atoms with Crippen LogP contribution in [0.5, 0.6) is 11.5 Å². The maximum Gasteiger partial charge on any atom is 0.335 e. The Balaban J connectivity index is 1.68. The molecule has 37 heavy (non-hydrogen) atoms. The Morgan fingerprint density at radius 3 is 2.30 bits per heavy atom. The molecule has 0 aromatic heterocycles. The SMILES string of the molecule is CCOc1cc(/C=C2\C(=O)NC(=O)N(c3cc(C)cc(C)c3)C2=O)cc(Cl)c1OCc1ccccc1Cl. The Kier molecular flexibility index (Phi) is 7.86. The third-order valence-corrected chi connectivity index (χ3v) is 6.19. The molecule has 1 N–H and O–H groups in total. The molecule has 0 spiro atoms. The third-order valence-electron chi connectivity index (χ3n) is 5.54. The summed E-state index contributed by atoms with van der Waals surface area (Å²) in [5, 5.41) is 3.01. The Morgan fingerprint density at radius 2 is 1.62 bits per heavy atom. The van der Waals surface area contributed by atoms with Crippen LogP contribution >= 0.6 is 23.2 Å². The topological polar surface area (TPSA) is 84.9 Å². The molecule has 4 amide bonds. The maximum absolute atomic E-state index is 13.3. The fourth-order valence-electron chi connectivity index (χ4n) is 3.98. The molecule has 0 atom stereocenters. The lowest BCUT2D eigenvalue weighted by molar-refractivity contribution is -0.122. The van der Waals surface area contributed by atoms with E-state index in [4.69, 9.17) is 32.7 Å². The van der Waals surface area contributed by atoms with Crippen molar-refractivity contribution >= 4 is 52.8 Å². The minimum atomic E-state index is -0.812. The number of benzene rings is 3. The van der Waals surface area contributed by atoms with Gasteiger partial charge in [-0.2, -0.15) is 0 Å². The predicted molar refractivity (Wildman–Crippen MR) is 143 cm³/mol. The van der Waals surface area contributed by atoms with E-state index in [2.05, 4.69) is 5.32 Å². The lowest BCUT2D eigenvalue weighted by Gasteiger charge is -2.27. The van der Waals surface area contributed by atoms with Crippen molar-refractivity contribution < 1.29 is 23.9 Å². The molecule has 1 saturated heterocycles. The van der Waals surface area contributed by atoms with Gasteiger partial charge in [0, 0.05) is 10.6 Å². The molecular weight excluding hydrogens is 515 g/mol. The van der Waals surface area contributed by atoms with Gasteiger partial charge in [0.05, 0.1) is 17.3 Å². The first-order chi connectivity index (χ1) is 17.7. The second-order valence-electron chi connectivity index (χ2n) is 8.45. The van der Waals surface area contributed by atoms with Gasteiger partial charge in [-0.15, -0.1) is 0 Å². The van der Waals surface area contributed by atoms with Crippen molar-refractivity contribution in [3.05, 3.63) is 92.5 Å². The monoisotopic (exact) mass is 538 g/mol. The molecule has 9 heteroatoms. The zero-order chi connectivity index (χ0) is 26.7. The molecule has 0 unspecified atom stereocenters. The highest BCUT2D eigenvalue weighted by molar-refractivity contribution is 6.39. The summed E-state index contributed by atoms with van der Waals surface area (Å²) < 4.78 is 11.7. The van der Waals surface area contributed by atoms with Gasteiger partial charge >= 0.3 is 6.03 Å². The molecule has 0 radical (unpaired) electrons. The molecule has 4 rings (SSSR count). The number of rotatable bonds is 7. The summed E-state index contributed by atoms with van der Waals surface area (Å²) in [6, 6.07) is 15.0. The largest absolute Gasteiger partial charge is 0.490 e. The van der Waals surface area contributed by atoms with Crippen LogP contribution in [0.4, 0.5) is 10.5 Å². The van der Waals surface area contributed by atoms with Crippen LogP contribution in [0.3, 0.4) is 0 Å². The van der Waals surface area contributed by atoms with E-state index >= 15 is 0 Å². The van der Waals surface area contributed by atoms with Gasteiger partial charge in [0.15, 0.2) is 11.5 Å². The van der Waals surface area contributed by atoms with Gasteiger partial charge in [0.2, 0.25) is 0 Å². The number of carbonyl (C=O) groups is 3. The lowest BCUT2D eigenvalue weighted by atomic mass is 10.0. The van der Waals surface area contributed by atoms with E-state index in [1.54, 1.807) is 30.3 Å². The number of hydrogen-bond donors (Lipinski definition) is 1. The Morgan fingerprint density at radius 1 is 0.919 bits per heavy atom. The number of barbiturate groups is 1. The van der Waals surface area contributed by atoms with Crippen molar-refractivity contribution in [3.8, 4) is 11.5 Å². The zero-order valence-electron chi connectivity index (χ0n) is 20.4. The molecule has 1 fully saturated rings. The van der Waals surface area contributed by atoms with Crippen molar-refractivity contribution in [1.82, 2.24) is 5.32 Å². The van der Waals surface area contributed by atoms with E-state index in [9.17, 15) is 14.4 Å². The number of ether oxygens (including phenoxy) is 2. The van der Waals surface area contributed by atoms with Crippen LogP contribution in [-0.2, 0) is 16.2 Å². The lowest BCUT2D eigenvalue weighted by Crippen LogP contribution is -2.54. The molecule has 0 bridgehead atoms. The molecule has 0 saturated carbocycles.